The van der Waals surface area contributed by atoms with Gasteiger partial charge in [0, 0.05) is 29.7 Å². The lowest BCUT2D eigenvalue weighted by atomic mass is 10.0. The largest absolute Gasteiger partial charge is 0.388 e. The Balaban J connectivity index is 1.60. The number of hydrogen-bond donors (Lipinski definition) is 4. The molecular formula is C31H39Cl2FN8O. The average Bonchev–Trinajstić information content (AvgIpc) is 3.36. The molecule has 0 aliphatic heterocycles. The molecule has 4 rings (SSSR count). The molecule has 0 spiro atoms. The average molecular weight is 630 g/mol. The summed E-state index contributed by atoms with van der Waals surface area (Å²) in [7, 11) is 0. The lowest BCUT2D eigenvalue weighted by molar-refractivity contribution is 0.480. The summed E-state index contributed by atoms with van der Waals surface area (Å²) in [6, 6.07) is 6.92. The zero-order valence-electron chi connectivity index (χ0n) is 24.8. The van der Waals surface area contributed by atoms with Crippen LogP contribution in [0.3, 0.4) is 0 Å². The fourth-order valence-corrected chi connectivity index (χ4v) is 5.53. The standard InChI is InChI=1S/C31H39Cl2FN8O/c1-4-7-26(38-11-6-10-37-19(3)36)29-25(33)15-22(16-39-29)42-17-21-14-27(40-30(21)41-31(42)43)23-12-20(9-5-8-18(2)35)13-24(32)28(23)34/h12-18,26,38H,4-11,35H2,1-3H3,(H2,36,37)(H,40,41,43). The number of halogens is 3. The van der Waals surface area contributed by atoms with Gasteiger partial charge in [0.05, 0.1) is 45.2 Å². The number of pyridine rings is 1. The van der Waals surface area contributed by atoms with Crippen LogP contribution in [0, 0.1) is 5.82 Å². The number of rotatable bonds is 14. The van der Waals surface area contributed by atoms with Gasteiger partial charge in [0.25, 0.3) is 0 Å². The van der Waals surface area contributed by atoms with E-state index in [1.807, 2.05) is 6.92 Å². The van der Waals surface area contributed by atoms with E-state index in [4.69, 9.17) is 34.7 Å². The van der Waals surface area contributed by atoms with Crippen LogP contribution in [0.4, 0.5) is 4.39 Å². The molecule has 3 aromatic heterocycles. The number of aromatic amines is 1. The molecular weight excluding hydrogens is 590 g/mol. The van der Waals surface area contributed by atoms with Crippen molar-refractivity contribution in [2.45, 2.75) is 71.4 Å². The maximum Gasteiger partial charge on any atom is 0.354 e. The molecule has 4 aromatic rings. The maximum absolute atomic E-state index is 15.1. The summed E-state index contributed by atoms with van der Waals surface area (Å²) in [6.45, 7) is 7.21. The Hall–Kier alpha value is -3.31. The first kappa shape index (κ1) is 32.6. The smallest absolute Gasteiger partial charge is 0.354 e. The highest BCUT2D eigenvalue weighted by Gasteiger charge is 2.18. The molecule has 6 N–H and O–H groups in total. The summed E-state index contributed by atoms with van der Waals surface area (Å²) >= 11 is 12.9. The molecule has 9 nitrogen and oxygen atoms in total. The van der Waals surface area contributed by atoms with Gasteiger partial charge in [0.1, 0.15) is 5.65 Å². The van der Waals surface area contributed by atoms with E-state index in [1.165, 1.54) is 4.57 Å². The number of aromatic nitrogens is 4. The fourth-order valence-electron chi connectivity index (χ4n) is 5.00. The second kappa shape index (κ2) is 14.9. The molecule has 0 radical (unpaired) electrons. The SMILES string of the molecule is CCCC(NCCCN=C(C)N)c1ncc(-n2cc3cc(-c4cc(CCCC(C)N)cc(Cl)c4F)[nH]c3nc2=O)cc1Cl. The highest BCUT2D eigenvalue weighted by atomic mass is 35.5. The van der Waals surface area contributed by atoms with Crippen LogP contribution in [0.2, 0.25) is 10.0 Å². The number of aryl methyl sites for hydroxylation is 1. The molecule has 3 heterocycles. The monoisotopic (exact) mass is 628 g/mol. The van der Waals surface area contributed by atoms with Crippen molar-refractivity contribution in [1.29, 1.82) is 0 Å². The van der Waals surface area contributed by atoms with E-state index in [1.54, 1.807) is 43.6 Å². The van der Waals surface area contributed by atoms with E-state index in [-0.39, 0.29) is 17.1 Å². The van der Waals surface area contributed by atoms with E-state index < -0.39 is 11.5 Å². The number of hydrogen-bond acceptors (Lipinski definition) is 6. The van der Waals surface area contributed by atoms with Crippen LogP contribution in [0.15, 0.2) is 46.4 Å². The minimum atomic E-state index is -0.538. The summed E-state index contributed by atoms with van der Waals surface area (Å²) in [5.41, 5.74) is 14.2. The second-order valence-electron chi connectivity index (χ2n) is 10.9. The Morgan fingerprint density at radius 2 is 1.98 bits per heavy atom. The minimum absolute atomic E-state index is 0.0373. The number of fused-ring (bicyclic) bond motifs is 1. The maximum atomic E-state index is 15.1. The topological polar surface area (TPSA) is 140 Å². The third-order valence-corrected chi connectivity index (χ3v) is 7.72. The number of amidine groups is 1. The van der Waals surface area contributed by atoms with Crippen molar-refractivity contribution in [2.24, 2.45) is 16.5 Å². The molecule has 0 fully saturated rings. The van der Waals surface area contributed by atoms with Gasteiger partial charge in [-0.1, -0.05) is 36.5 Å². The molecule has 2 unspecified atom stereocenters. The van der Waals surface area contributed by atoms with Crippen molar-refractivity contribution in [3.63, 3.8) is 0 Å². The van der Waals surface area contributed by atoms with Gasteiger partial charge >= 0.3 is 5.69 Å². The molecule has 230 valence electrons. The number of H-pyrrole nitrogens is 1. The number of nitrogens with one attached hydrogen (secondary N) is 2. The van der Waals surface area contributed by atoms with Crippen molar-refractivity contribution in [3.8, 4) is 16.9 Å². The summed E-state index contributed by atoms with van der Waals surface area (Å²) < 4.78 is 16.5. The van der Waals surface area contributed by atoms with Crippen LogP contribution in [0.5, 0.6) is 0 Å². The molecule has 0 bridgehead atoms. The zero-order valence-corrected chi connectivity index (χ0v) is 26.3. The van der Waals surface area contributed by atoms with Crippen molar-refractivity contribution >= 4 is 40.1 Å². The van der Waals surface area contributed by atoms with Crippen molar-refractivity contribution in [1.82, 2.24) is 24.8 Å². The Kier molecular flexibility index (Phi) is 11.3. The van der Waals surface area contributed by atoms with Crippen LogP contribution >= 0.6 is 23.2 Å². The fraction of sp³-hybridized carbons (Fsp3) is 0.419. The third-order valence-electron chi connectivity index (χ3n) is 7.14. The molecule has 0 aliphatic rings. The number of aliphatic imine (C=N–C) groups is 1. The van der Waals surface area contributed by atoms with Crippen LogP contribution in [0.1, 0.15) is 70.2 Å². The summed E-state index contributed by atoms with van der Waals surface area (Å²) in [5.74, 6) is 0.0298. The Bertz CT molecular complexity index is 1650. The van der Waals surface area contributed by atoms with Gasteiger partial charge in [-0.2, -0.15) is 4.98 Å². The third kappa shape index (κ3) is 8.41. The first-order valence-corrected chi connectivity index (χ1v) is 15.3. The van der Waals surface area contributed by atoms with Crippen LogP contribution in [0.25, 0.3) is 28.0 Å². The Morgan fingerprint density at radius 3 is 2.67 bits per heavy atom. The number of benzene rings is 1. The van der Waals surface area contributed by atoms with Crippen molar-refractivity contribution in [3.05, 3.63) is 74.3 Å². The summed E-state index contributed by atoms with van der Waals surface area (Å²) in [6.07, 6.45) is 8.31. The molecule has 0 amide bonds. The lowest BCUT2D eigenvalue weighted by Gasteiger charge is -2.19. The van der Waals surface area contributed by atoms with Crippen LogP contribution < -0.4 is 22.5 Å². The van der Waals surface area contributed by atoms with Gasteiger partial charge in [-0.15, -0.1) is 0 Å². The van der Waals surface area contributed by atoms with Gasteiger partial charge < -0.3 is 21.8 Å². The predicted octanol–water partition coefficient (Wildman–Crippen LogP) is 6.09. The quantitative estimate of drug-likeness (QED) is 0.0756. The molecule has 0 aliphatic carbocycles. The van der Waals surface area contributed by atoms with Gasteiger partial charge in [-0.3, -0.25) is 14.5 Å². The van der Waals surface area contributed by atoms with Gasteiger partial charge in [-0.05, 0) is 82.3 Å². The Morgan fingerprint density at radius 1 is 1.19 bits per heavy atom. The van der Waals surface area contributed by atoms with Crippen molar-refractivity contribution < 1.29 is 4.39 Å². The molecule has 43 heavy (non-hydrogen) atoms. The summed E-state index contributed by atoms with van der Waals surface area (Å²) in [5, 5.41) is 4.60. The van der Waals surface area contributed by atoms with E-state index in [0.717, 1.165) is 50.6 Å². The van der Waals surface area contributed by atoms with Gasteiger partial charge in [-0.25, -0.2) is 9.18 Å². The molecule has 2 atom stereocenters. The zero-order chi connectivity index (χ0) is 31.1. The van der Waals surface area contributed by atoms with E-state index >= 15 is 4.39 Å². The molecule has 1 aromatic carbocycles. The van der Waals surface area contributed by atoms with Crippen LogP contribution in [-0.4, -0.2) is 44.5 Å². The molecule has 0 saturated heterocycles. The Labute approximate surface area is 260 Å². The van der Waals surface area contributed by atoms with Crippen molar-refractivity contribution in [2.75, 3.05) is 13.1 Å². The lowest BCUT2D eigenvalue weighted by Crippen LogP contribution is -2.25. The minimum Gasteiger partial charge on any atom is -0.388 e. The van der Waals surface area contributed by atoms with Gasteiger partial charge in [0.15, 0.2) is 5.82 Å². The highest BCUT2D eigenvalue weighted by molar-refractivity contribution is 6.31. The van der Waals surface area contributed by atoms with E-state index in [2.05, 4.69) is 32.2 Å². The first-order chi connectivity index (χ1) is 20.6. The highest BCUT2D eigenvalue weighted by Crippen LogP contribution is 2.32. The van der Waals surface area contributed by atoms with E-state index in [9.17, 15) is 4.79 Å². The van der Waals surface area contributed by atoms with Gasteiger partial charge in [0.2, 0.25) is 0 Å². The van der Waals surface area contributed by atoms with Crippen LogP contribution in [-0.2, 0) is 6.42 Å². The number of nitrogens with zero attached hydrogens (tertiary/aromatic N) is 4. The summed E-state index contributed by atoms with van der Waals surface area (Å²) in [4.78, 5) is 29.2. The predicted molar refractivity (Wildman–Crippen MR) is 174 cm³/mol. The second-order valence-corrected chi connectivity index (χ2v) is 11.7. The normalized spacial score (nSPS) is 13.5. The molecule has 12 heteroatoms. The number of nitrogens with two attached hydrogens (primary N) is 2. The first-order valence-electron chi connectivity index (χ1n) is 14.6. The molecule has 0 saturated carbocycles. The van der Waals surface area contributed by atoms with E-state index in [0.29, 0.717) is 51.1 Å².